The molecule has 0 fully saturated rings. The van der Waals surface area contributed by atoms with Crippen molar-refractivity contribution in [2.45, 2.75) is 32.4 Å². The van der Waals surface area contributed by atoms with Crippen LogP contribution in [0, 0.1) is 0 Å². The molecule has 1 rings (SSSR count). The van der Waals surface area contributed by atoms with Crippen LogP contribution >= 0.6 is 0 Å². The maximum atomic E-state index is 11.2. The van der Waals surface area contributed by atoms with E-state index in [1.165, 1.54) is 7.11 Å². The van der Waals surface area contributed by atoms with E-state index in [4.69, 9.17) is 5.11 Å². The highest BCUT2D eigenvalue weighted by atomic mass is 16.5. The molecule has 0 saturated heterocycles. The number of methoxy groups -OCH3 is 1. The Morgan fingerprint density at radius 2 is 2.06 bits per heavy atom. The molecule has 0 aliphatic heterocycles. The molecule has 0 spiro atoms. The van der Waals surface area contributed by atoms with E-state index < -0.39 is 0 Å². The molecule has 1 aromatic carbocycles. The van der Waals surface area contributed by atoms with E-state index in [2.05, 4.69) is 10.1 Å². The van der Waals surface area contributed by atoms with Crippen molar-refractivity contribution in [2.75, 3.05) is 13.7 Å². The van der Waals surface area contributed by atoms with Gasteiger partial charge in [0.15, 0.2) is 0 Å². The third-order valence-electron chi connectivity index (χ3n) is 2.68. The minimum atomic E-state index is -0.313. The second-order valence-electron chi connectivity index (χ2n) is 4.36. The lowest BCUT2D eigenvalue weighted by Gasteiger charge is -2.07. The first-order valence-electron chi connectivity index (χ1n) is 6.19. The first-order chi connectivity index (χ1) is 8.63. The van der Waals surface area contributed by atoms with Crippen molar-refractivity contribution in [3.8, 4) is 0 Å². The third kappa shape index (κ3) is 5.29. The van der Waals surface area contributed by atoms with Crippen LogP contribution < -0.4 is 5.32 Å². The van der Waals surface area contributed by atoms with Crippen LogP contribution in [-0.2, 0) is 11.3 Å². The molecule has 0 aliphatic carbocycles. The fraction of sp³-hybridized carbons (Fsp3) is 0.500. The molecule has 2 N–H and O–H groups in total. The average molecular weight is 251 g/mol. The lowest BCUT2D eigenvalue weighted by atomic mass is 10.1. The summed E-state index contributed by atoms with van der Waals surface area (Å²) in [5, 5.41) is 12.4. The SMILES string of the molecule is COC(=O)c1ccc(CNCCCC(C)O)cc1. The van der Waals surface area contributed by atoms with Crippen LogP contribution in [0.4, 0.5) is 0 Å². The molecule has 18 heavy (non-hydrogen) atoms. The molecule has 0 heterocycles. The van der Waals surface area contributed by atoms with Crippen LogP contribution in [0.5, 0.6) is 0 Å². The second kappa shape index (κ2) is 7.84. The van der Waals surface area contributed by atoms with Gasteiger partial charge in [-0.25, -0.2) is 4.79 Å². The molecule has 0 amide bonds. The van der Waals surface area contributed by atoms with E-state index in [0.717, 1.165) is 31.5 Å². The van der Waals surface area contributed by atoms with Crippen LogP contribution in [-0.4, -0.2) is 30.8 Å². The van der Waals surface area contributed by atoms with Gasteiger partial charge in [-0.3, -0.25) is 0 Å². The van der Waals surface area contributed by atoms with E-state index in [0.29, 0.717) is 5.56 Å². The zero-order valence-electron chi connectivity index (χ0n) is 11.0. The Morgan fingerprint density at radius 1 is 1.39 bits per heavy atom. The lowest BCUT2D eigenvalue weighted by molar-refractivity contribution is 0.0600. The summed E-state index contributed by atoms with van der Waals surface area (Å²) in [6, 6.07) is 7.35. The summed E-state index contributed by atoms with van der Waals surface area (Å²) in [6.07, 6.45) is 1.54. The van der Waals surface area contributed by atoms with Gasteiger partial charge in [0.05, 0.1) is 18.8 Å². The molecule has 1 unspecified atom stereocenters. The molecular formula is C14H21NO3. The smallest absolute Gasteiger partial charge is 0.337 e. The number of aliphatic hydroxyl groups excluding tert-OH is 1. The second-order valence-corrected chi connectivity index (χ2v) is 4.36. The highest BCUT2D eigenvalue weighted by Gasteiger charge is 2.03. The molecule has 0 aromatic heterocycles. The summed E-state index contributed by atoms with van der Waals surface area (Å²) < 4.78 is 4.63. The summed E-state index contributed by atoms with van der Waals surface area (Å²) in [7, 11) is 1.37. The van der Waals surface area contributed by atoms with Gasteiger partial charge in [-0.05, 0) is 44.0 Å². The van der Waals surface area contributed by atoms with Crippen molar-refractivity contribution in [1.29, 1.82) is 0 Å². The Morgan fingerprint density at radius 3 is 2.61 bits per heavy atom. The van der Waals surface area contributed by atoms with Gasteiger partial charge in [0.1, 0.15) is 0 Å². The molecule has 0 bridgehead atoms. The third-order valence-corrected chi connectivity index (χ3v) is 2.68. The quantitative estimate of drug-likeness (QED) is 0.572. The molecule has 4 nitrogen and oxygen atoms in total. The van der Waals surface area contributed by atoms with E-state index in [9.17, 15) is 4.79 Å². The van der Waals surface area contributed by atoms with Gasteiger partial charge < -0.3 is 15.2 Å². The van der Waals surface area contributed by atoms with E-state index in [1.54, 1.807) is 19.1 Å². The van der Waals surface area contributed by atoms with Gasteiger partial charge in [-0.1, -0.05) is 12.1 Å². The van der Waals surface area contributed by atoms with E-state index in [1.807, 2.05) is 12.1 Å². The highest BCUT2D eigenvalue weighted by molar-refractivity contribution is 5.89. The summed E-state index contributed by atoms with van der Waals surface area (Å²) in [4.78, 5) is 11.2. The van der Waals surface area contributed by atoms with E-state index >= 15 is 0 Å². The molecule has 4 heteroatoms. The van der Waals surface area contributed by atoms with Crippen molar-refractivity contribution in [1.82, 2.24) is 5.32 Å². The number of hydrogen-bond donors (Lipinski definition) is 2. The largest absolute Gasteiger partial charge is 0.465 e. The summed E-state index contributed by atoms with van der Waals surface area (Å²) in [5.74, 6) is -0.313. The molecular weight excluding hydrogens is 230 g/mol. The van der Waals surface area contributed by atoms with Crippen molar-refractivity contribution < 1.29 is 14.6 Å². The van der Waals surface area contributed by atoms with Crippen molar-refractivity contribution in [3.05, 3.63) is 35.4 Å². The first kappa shape index (κ1) is 14.7. The van der Waals surface area contributed by atoms with Crippen LogP contribution in [0.25, 0.3) is 0 Å². The van der Waals surface area contributed by atoms with Crippen LogP contribution in [0.2, 0.25) is 0 Å². The number of hydrogen-bond acceptors (Lipinski definition) is 4. The number of carbonyl (C=O) groups excluding carboxylic acids is 1. The van der Waals surface area contributed by atoms with Gasteiger partial charge in [0, 0.05) is 6.54 Å². The minimum absolute atomic E-state index is 0.230. The van der Waals surface area contributed by atoms with Crippen molar-refractivity contribution in [3.63, 3.8) is 0 Å². The normalized spacial score (nSPS) is 12.2. The maximum absolute atomic E-state index is 11.2. The van der Waals surface area contributed by atoms with Crippen molar-refractivity contribution >= 4 is 5.97 Å². The van der Waals surface area contributed by atoms with Gasteiger partial charge in [0.25, 0.3) is 0 Å². The van der Waals surface area contributed by atoms with Gasteiger partial charge >= 0.3 is 5.97 Å². The number of carbonyl (C=O) groups is 1. The van der Waals surface area contributed by atoms with Gasteiger partial charge in [0.2, 0.25) is 0 Å². The van der Waals surface area contributed by atoms with Crippen molar-refractivity contribution in [2.24, 2.45) is 0 Å². The van der Waals surface area contributed by atoms with Gasteiger partial charge in [-0.15, -0.1) is 0 Å². The Labute approximate surface area is 108 Å². The van der Waals surface area contributed by atoms with Crippen LogP contribution in [0.15, 0.2) is 24.3 Å². The number of aliphatic hydroxyl groups is 1. The number of benzene rings is 1. The minimum Gasteiger partial charge on any atom is -0.465 e. The zero-order chi connectivity index (χ0) is 13.4. The maximum Gasteiger partial charge on any atom is 0.337 e. The summed E-state index contributed by atoms with van der Waals surface area (Å²) in [5.41, 5.74) is 1.69. The predicted molar refractivity (Wildman–Crippen MR) is 70.4 cm³/mol. The Hall–Kier alpha value is -1.39. The monoisotopic (exact) mass is 251 g/mol. The summed E-state index contributed by atoms with van der Waals surface area (Å²) >= 11 is 0. The zero-order valence-corrected chi connectivity index (χ0v) is 11.0. The fourth-order valence-corrected chi connectivity index (χ4v) is 1.63. The number of nitrogens with one attached hydrogen (secondary N) is 1. The molecule has 1 atom stereocenters. The highest BCUT2D eigenvalue weighted by Crippen LogP contribution is 2.05. The Bertz CT molecular complexity index is 360. The van der Waals surface area contributed by atoms with Crippen LogP contribution in [0.3, 0.4) is 0 Å². The fourth-order valence-electron chi connectivity index (χ4n) is 1.63. The first-order valence-corrected chi connectivity index (χ1v) is 6.19. The topological polar surface area (TPSA) is 58.6 Å². The molecule has 0 saturated carbocycles. The van der Waals surface area contributed by atoms with E-state index in [-0.39, 0.29) is 12.1 Å². The number of ether oxygens (including phenoxy) is 1. The average Bonchev–Trinajstić information content (AvgIpc) is 2.38. The number of rotatable bonds is 7. The Kier molecular flexibility index (Phi) is 6.39. The lowest BCUT2D eigenvalue weighted by Crippen LogP contribution is -2.16. The molecule has 1 aromatic rings. The number of esters is 1. The summed E-state index contributed by atoms with van der Waals surface area (Å²) in [6.45, 7) is 3.44. The van der Waals surface area contributed by atoms with Gasteiger partial charge in [-0.2, -0.15) is 0 Å². The predicted octanol–water partition coefficient (Wildman–Crippen LogP) is 1.72. The molecule has 0 radical (unpaired) electrons. The molecule has 0 aliphatic rings. The Balaban J connectivity index is 2.29. The van der Waals surface area contributed by atoms with Crippen LogP contribution in [0.1, 0.15) is 35.7 Å². The molecule has 100 valence electrons. The standard InChI is InChI=1S/C14H21NO3/c1-11(16)4-3-9-15-10-12-5-7-13(8-6-12)14(17)18-2/h5-8,11,15-16H,3-4,9-10H2,1-2H3.